The molecule has 0 aliphatic heterocycles. The number of hydrogen-bond donors (Lipinski definition) is 2. The van der Waals surface area contributed by atoms with Crippen molar-refractivity contribution in [2.24, 2.45) is 5.41 Å². The molecule has 4 rings (SSSR count). The first kappa shape index (κ1) is 22.9. The zero-order valence-corrected chi connectivity index (χ0v) is 18.2. The minimum absolute atomic E-state index is 0.0244. The summed E-state index contributed by atoms with van der Waals surface area (Å²) in [4.78, 5) is 37.1. The number of nitrogens with zero attached hydrogens (tertiary/aromatic N) is 4. The summed E-state index contributed by atoms with van der Waals surface area (Å²) in [6, 6.07) is 5.94. The van der Waals surface area contributed by atoms with E-state index in [0.29, 0.717) is 24.1 Å². The molecule has 0 bridgehead atoms. The number of hydrogen-bond acceptors (Lipinski definition) is 7. The van der Waals surface area contributed by atoms with Gasteiger partial charge in [-0.05, 0) is 38.0 Å². The summed E-state index contributed by atoms with van der Waals surface area (Å²) in [5, 5.41) is 14.8. The van der Waals surface area contributed by atoms with Gasteiger partial charge in [-0.25, -0.2) is 18.7 Å². The van der Waals surface area contributed by atoms with Gasteiger partial charge in [0.2, 0.25) is 5.91 Å². The van der Waals surface area contributed by atoms with E-state index in [-0.39, 0.29) is 35.1 Å². The van der Waals surface area contributed by atoms with E-state index in [0.717, 1.165) is 6.07 Å². The van der Waals surface area contributed by atoms with Gasteiger partial charge in [0.1, 0.15) is 24.0 Å². The minimum Gasteiger partial charge on any atom is -0.353 e. The summed E-state index contributed by atoms with van der Waals surface area (Å²) < 4.78 is 28.1. The quantitative estimate of drug-likeness (QED) is 0.486. The lowest BCUT2D eigenvalue weighted by molar-refractivity contribution is -0.127. The summed E-state index contributed by atoms with van der Waals surface area (Å²) in [6.45, 7) is 1.60. The number of Topliss-reactive ketones (excluding diaryl/α,β-unsaturated/α-hetero) is 1. The number of benzene rings is 1. The molecular formula is C24H20F2N6O2. The molecule has 34 heavy (non-hydrogen) atoms. The van der Waals surface area contributed by atoms with Gasteiger partial charge in [0.25, 0.3) is 0 Å². The van der Waals surface area contributed by atoms with Crippen LogP contribution in [0.25, 0.3) is 0 Å². The maximum Gasteiger partial charge on any atom is 0.227 e. The number of aromatic nitrogens is 3. The fourth-order valence-corrected chi connectivity index (χ4v) is 3.61. The zero-order chi connectivity index (χ0) is 24.3. The highest BCUT2D eigenvalue weighted by Gasteiger charge is 2.51. The molecule has 1 amide bonds. The molecule has 1 aromatic carbocycles. The van der Waals surface area contributed by atoms with E-state index in [9.17, 15) is 18.4 Å². The van der Waals surface area contributed by atoms with Crippen LogP contribution in [0.2, 0.25) is 0 Å². The SMILES string of the molecule is C[C@H](NC(=O)C1(CC(=O)c2cncnc2)CC1)c1ncc(Nc2ccc(F)cc2C#N)cc1F. The molecule has 2 heterocycles. The molecule has 1 aliphatic rings. The zero-order valence-electron chi connectivity index (χ0n) is 18.2. The van der Waals surface area contributed by atoms with Crippen LogP contribution in [0.15, 0.2) is 49.2 Å². The molecule has 1 fully saturated rings. The van der Waals surface area contributed by atoms with Crippen LogP contribution in [0.4, 0.5) is 20.2 Å². The number of carbonyl (C=O) groups is 2. The lowest BCUT2D eigenvalue weighted by atomic mass is 9.95. The average Bonchev–Trinajstić information content (AvgIpc) is 3.61. The van der Waals surface area contributed by atoms with Crippen molar-refractivity contribution in [1.29, 1.82) is 5.26 Å². The Hall–Kier alpha value is -4.26. The maximum absolute atomic E-state index is 14.8. The molecule has 1 saturated carbocycles. The van der Waals surface area contributed by atoms with Gasteiger partial charge < -0.3 is 10.6 Å². The van der Waals surface area contributed by atoms with Crippen molar-refractivity contribution >= 4 is 23.1 Å². The second-order valence-electron chi connectivity index (χ2n) is 8.22. The highest BCUT2D eigenvalue weighted by molar-refractivity contribution is 6.00. The van der Waals surface area contributed by atoms with Crippen LogP contribution in [0.1, 0.15) is 53.8 Å². The van der Waals surface area contributed by atoms with Gasteiger partial charge in [-0.15, -0.1) is 0 Å². The molecule has 2 aromatic heterocycles. The third-order valence-corrected chi connectivity index (χ3v) is 5.73. The first-order valence-corrected chi connectivity index (χ1v) is 10.5. The second kappa shape index (κ2) is 9.31. The van der Waals surface area contributed by atoms with E-state index >= 15 is 0 Å². The fraction of sp³-hybridized carbons (Fsp3) is 0.250. The Bertz CT molecular complexity index is 1290. The minimum atomic E-state index is -0.824. The van der Waals surface area contributed by atoms with Crippen molar-refractivity contribution in [3.8, 4) is 6.07 Å². The summed E-state index contributed by atoms with van der Waals surface area (Å²) in [6.07, 6.45) is 6.64. The number of pyridine rings is 1. The Labute approximate surface area is 194 Å². The topological polar surface area (TPSA) is 121 Å². The number of ketones is 1. The summed E-state index contributed by atoms with van der Waals surface area (Å²) in [5.41, 5.74) is 0.176. The molecule has 8 nitrogen and oxygen atoms in total. The molecule has 172 valence electrons. The molecule has 1 aliphatic carbocycles. The Morgan fingerprint density at radius 2 is 1.91 bits per heavy atom. The van der Waals surface area contributed by atoms with Gasteiger partial charge in [-0.1, -0.05) is 0 Å². The molecule has 2 N–H and O–H groups in total. The summed E-state index contributed by atoms with van der Waals surface area (Å²) in [7, 11) is 0. The van der Waals surface area contributed by atoms with Gasteiger partial charge in [-0.3, -0.25) is 14.6 Å². The number of carbonyl (C=O) groups excluding carboxylic acids is 2. The first-order valence-electron chi connectivity index (χ1n) is 10.5. The summed E-state index contributed by atoms with van der Waals surface area (Å²) >= 11 is 0. The number of amides is 1. The fourth-order valence-electron chi connectivity index (χ4n) is 3.61. The Morgan fingerprint density at radius 3 is 2.56 bits per heavy atom. The van der Waals surface area contributed by atoms with Crippen LogP contribution in [0, 0.1) is 28.4 Å². The van der Waals surface area contributed by atoms with Crippen molar-refractivity contribution in [3.05, 3.63) is 77.6 Å². The Balaban J connectivity index is 1.42. The highest BCUT2D eigenvalue weighted by atomic mass is 19.1. The van der Waals surface area contributed by atoms with E-state index in [1.54, 1.807) is 6.92 Å². The summed E-state index contributed by atoms with van der Waals surface area (Å²) in [5.74, 6) is -1.78. The molecule has 10 heteroatoms. The maximum atomic E-state index is 14.8. The predicted molar refractivity (Wildman–Crippen MR) is 118 cm³/mol. The van der Waals surface area contributed by atoms with Crippen LogP contribution < -0.4 is 10.6 Å². The molecule has 0 saturated heterocycles. The predicted octanol–water partition coefficient (Wildman–Crippen LogP) is 4.00. The standard InChI is InChI=1S/C24H20F2N6O2/c1-14(31-23(34)24(4-5-24)8-21(33)16-10-28-13-29-11-16)22-19(26)7-18(12-30-22)32-20-3-2-17(25)6-15(20)9-27/h2-3,6-7,10-14,32H,4-5,8H2,1H3,(H,31,34)/t14-/m0/s1. The molecule has 1 atom stereocenters. The Morgan fingerprint density at radius 1 is 1.18 bits per heavy atom. The van der Waals surface area contributed by atoms with Crippen LogP contribution in [0.3, 0.4) is 0 Å². The molecule has 0 radical (unpaired) electrons. The van der Waals surface area contributed by atoms with E-state index in [2.05, 4.69) is 25.6 Å². The lowest BCUT2D eigenvalue weighted by Crippen LogP contribution is -2.36. The monoisotopic (exact) mass is 462 g/mol. The number of rotatable bonds is 8. The van der Waals surface area contributed by atoms with Gasteiger partial charge in [0.05, 0.1) is 45.8 Å². The van der Waals surface area contributed by atoms with Gasteiger partial charge in [-0.2, -0.15) is 5.26 Å². The number of anilines is 2. The normalized spacial score (nSPS) is 14.5. The molecule has 0 spiro atoms. The van der Waals surface area contributed by atoms with Crippen molar-refractivity contribution in [2.75, 3.05) is 5.32 Å². The van der Waals surface area contributed by atoms with Crippen molar-refractivity contribution in [3.63, 3.8) is 0 Å². The van der Waals surface area contributed by atoms with E-state index in [4.69, 9.17) is 5.26 Å². The van der Waals surface area contributed by atoms with Crippen LogP contribution in [0.5, 0.6) is 0 Å². The number of nitrogens with one attached hydrogen (secondary N) is 2. The second-order valence-corrected chi connectivity index (χ2v) is 8.22. The van der Waals surface area contributed by atoms with Crippen molar-refractivity contribution in [1.82, 2.24) is 20.3 Å². The largest absolute Gasteiger partial charge is 0.353 e. The van der Waals surface area contributed by atoms with E-state index in [1.807, 2.05) is 6.07 Å². The first-order chi connectivity index (χ1) is 16.3. The van der Waals surface area contributed by atoms with E-state index < -0.39 is 23.1 Å². The van der Waals surface area contributed by atoms with E-state index in [1.165, 1.54) is 43.1 Å². The van der Waals surface area contributed by atoms with Gasteiger partial charge in [0, 0.05) is 24.9 Å². The van der Waals surface area contributed by atoms with Crippen LogP contribution >= 0.6 is 0 Å². The third kappa shape index (κ3) is 4.88. The molecule has 0 unspecified atom stereocenters. The average molecular weight is 462 g/mol. The smallest absolute Gasteiger partial charge is 0.227 e. The lowest BCUT2D eigenvalue weighted by Gasteiger charge is -2.20. The molecular weight excluding hydrogens is 442 g/mol. The number of halogens is 2. The highest BCUT2D eigenvalue weighted by Crippen LogP contribution is 2.50. The van der Waals surface area contributed by atoms with Crippen molar-refractivity contribution < 1.29 is 18.4 Å². The Kier molecular flexibility index (Phi) is 6.27. The molecule has 3 aromatic rings. The van der Waals surface area contributed by atoms with Crippen LogP contribution in [-0.2, 0) is 4.79 Å². The number of nitriles is 1. The third-order valence-electron chi connectivity index (χ3n) is 5.73. The van der Waals surface area contributed by atoms with Crippen LogP contribution in [-0.4, -0.2) is 26.6 Å². The van der Waals surface area contributed by atoms with Crippen molar-refractivity contribution in [2.45, 2.75) is 32.2 Å². The van der Waals surface area contributed by atoms with Gasteiger partial charge in [0.15, 0.2) is 5.78 Å². The van der Waals surface area contributed by atoms with Gasteiger partial charge >= 0.3 is 0 Å².